The molecular weight excluding hydrogens is 784 g/mol. The summed E-state index contributed by atoms with van der Waals surface area (Å²) < 4.78 is 27.3. The van der Waals surface area contributed by atoms with Crippen molar-refractivity contribution in [3.05, 3.63) is 97.4 Å². The number of carbonyl (C=O) groups is 3. The van der Waals surface area contributed by atoms with Crippen molar-refractivity contribution < 1.29 is 36.4 Å². The number of nitrogens with two attached hydrogens (primary N) is 1. The van der Waals surface area contributed by atoms with Crippen molar-refractivity contribution in [3.63, 3.8) is 0 Å². The molecule has 0 atom stereocenters. The average molecular weight is 825 g/mol. The molecule has 0 fully saturated rings. The fourth-order valence-corrected chi connectivity index (χ4v) is 6.05. The van der Waals surface area contributed by atoms with E-state index in [9.17, 15) is 19.5 Å². The Morgan fingerprint density at radius 3 is 2.00 bits per heavy atom. The fourth-order valence-electron chi connectivity index (χ4n) is 4.12. The number of thioether (sulfide) groups is 2. The lowest BCUT2D eigenvalue weighted by atomic mass is 10.1. The number of rotatable bonds is 6. The Kier molecular flexibility index (Phi) is 15.0. The minimum absolute atomic E-state index is 0. The molecule has 13 heteroatoms. The molecule has 0 saturated heterocycles. The number of benzene rings is 4. The molecule has 5 aromatic rings. The van der Waals surface area contributed by atoms with Crippen molar-refractivity contribution >= 4 is 90.4 Å². The van der Waals surface area contributed by atoms with Crippen LogP contribution in [-0.4, -0.2) is 55.0 Å². The van der Waals surface area contributed by atoms with E-state index in [1.165, 1.54) is 49.9 Å². The van der Waals surface area contributed by atoms with Crippen molar-refractivity contribution in [2.75, 3.05) is 32.5 Å². The van der Waals surface area contributed by atoms with Gasteiger partial charge in [0, 0.05) is 32.8 Å². The highest BCUT2D eigenvalue weighted by atomic mass is 79.9. The zero-order chi connectivity index (χ0) is 36.8. The maximum atomic E-state index is 11.9. The summed E-state index contributed by atoms with van der Waals surface area (Å²) in [4.78, 5) is 39.5. The lowest BCUT2D eigenvalue weighted by Gasteiger charge is -2.07. The summed E-state index contributed by atoms with van der Waals surface area (Å²) in [5.74, 6) is -0.324. The topological polar surface area (TPSA) is 142 Å². The lowest BCUT2D eigenvalue weighted by Crippen LogP contribution is -2.04. The van der Waals surface area contributed by atoms with Crippen molar-refractivity contribution in [2.24, 2.45) is 0 Å². The predicted octanol–water partition coefficient (Wildman–Crippen LogP) is 10.0. The van der Waals surface area contributed by atoms with Crippen LogP contribution in [0.5, 0.6) is 5.75 Å². The highest BCUT2D eigenvalue weighted by Crippen LogP contribution is 2.34. The number of hydrogen-bond donors (Lipinski definition) is 2. The molecule has 256 valence electrons. The van der Waals surface area contributed by atoms with E-state index < -0.39 is 5.97 Å². The van der Waals surface area contributed by atoms with E-state index in [1.807, 2.05) is 56.5 Å². The Labute approximate surface area is 308 Å². The summed E-state index contributed by atoms with van der Waals surface area (Å²) in [6, 6.07) is 17.8. The van der Waals surface area contributed by atoms with E-state index in [0.717, 1.165) is 42.4 Å². The molecule has 3 N–H and O–H groups in total. The van der Waals surface area contributed by atoms with Crippen molar-refractivity contribution in [1.82, 2.24) is 4.98 Å². The maximum absolute atomic E-state index is 11.9. The van der Waals surface area contributed by atoms with Crippen LogP contribution in [0.15, 0.2) is 83.8 Å². The zero-order valence-corrected chi connectivity index (χ0v) is 31.1. The molecule has 48 heavy (non-hydrogen) atoms. The number of phenolic OH excluding ortho intramolecular Hbond substituents is 1. The number of methoxy groups -OCH3 is 2. The third kappa shape index (κ3) is 9.65. The predicted molar refractivity (Wildman–Crippen MR) is 204 cm³/mol. The first kappa shape index (κ1) is 38.7. The number of halogens is 2. The number of aromatic hydroxyl groups is 1. The number of ether oxygens (including phenoxy) is 2. The van der Waals surface area contributed by atoms with Gasteiger partial charge in [0.15, 0.2) is 5.58 Å². The van der Waals surface area contributed by atoms with Crippen LogP contribution < -0.4 is 5.73 Å². The van der Waals surface area contributed by atoms with Crippen molar-refractivity contribution in [2.45, 2.75) is 31.1 Å². The number of carbonyl (C=O) groups excluding carboxylic acids is 3. The maximum Gasteiger partial charge on any atom is 0.339 e. The van der Waals surface area contributed by atoms with E-state index in [0.29, 0.717) is 33.0 Å². The monoisotopic (exact) mass is 822 g/mol. The molecule has 0 aliphatic rings. The molecule has 0 saturated carbocycles. The summed E-state index contributed by atoms with van der Waals surface area (Å²) in [5, 5.41) is 9.32. The van der Waals surface area contributed by atoms with Gasteiger partial charge in [-0.1, -0.05) is 57.5 Å². The second kappa shape index (κ2) is 18.7. The van der Waals surface area contributed by atoms with Gasteiger partial charge in [0.05, 0.1) is 31.0 Å². The molecule has 0 radical (unpaired) electrons. The third-order valence-corrected chi connectivity index (χ3v) is 10.1. The lowest BCUT2D eigenvalue weighted by molar-refractivity contribution is 0.0588. The van der Waals surface area contributed by atoms with Crippen molar-refractivity contribution in [1.29, 1.82) is 0 Å². The highest BCUT2D eigenvalue weighted by molar-refractivity contribution is 9.10. The number of nitrogens with zero attached hydrogens (tertiary/aromatic N) is 1. The normalized spacial score (nSPS) is 10.2. The minimum Gasteiger partial charge on any atom is -0.506 e. The number of aromatic nitrogens is 1. The van der Waals surface area contributed by atoms with Gasteiger partial charge in [-0.15, -0.1) is 23.5 Å². The van der Waals surface area contributed by atoms with Crippen molar-refractivity contribution in [3.8, 4) is 17.2 Å². The number of hydrogen-bond acceptors (Lipinski definition) is 11. The van der Waals surface area contributed by atoms with E-state index >= 15 is 0 Å². The van der Waals surface area contributed by atoms with Crippen LogP contribution in [-0.2, 0) is 9.47 Å². The van der Waals surface area contributed by atoms with Crippen LogP contribution in [0.3, 0.4) is 0 Å². The molecule has 0 unspecified atom stereocenters. The van der Waals surface area contributed by atoms with Crippen LogP contribution in [0.2, 0.25) is 0 Å². The van der Waals surface area contributed by atoms with Gasteiger partial charge in [-0.25, -0.2) is 14.6 Å². The first-order chi connectivity index (χ1) is 23.4. The summed E-state index contributed by atoms with van der Waals surface area (Å²) >= 11 is 9.66. The number of esters is 2. The SMILES string of the molecule is C.COC(=O)c1cc(N)c(O)cc1SC.COC(=O)c1cc2nc(-c3cccc(Br)c3C)oc2cc1SC.Cc1c(Br)cccc1C=O.[2H][2H]. The standard InChI is InChI=1S/C17H14BrNO3S.C9H11NO3S.C8H7BrO.CH4.H2/c1-9-10(5-4-6-12(9)18)16-19-13-7-11(17(20)21-2)15(23-3)8-14(13)22-16;1-13-9(12)5-3-6(10)7(11)4-8(5)14-2;1-6-7(5-10)3-2-4-8(6)9;;/h4-8H,1-3H3;3-4,11H,10H2,1-2H3;2-5H,1H3;1H4;1H/i;;;;1+1D. The number of aldehydes is 1. The number of anilines is 1. The first-order valence-corrected chi connectivity index (χ1v) is 17.7. The third-order valence-electron chi connectivity index (χ3n) is 6.80. The van der Waals surface area contributed by atoms with Crippen LogP contribution in [0.1, 0.15) is 52.6 Å². The molecule has 4 aromatic carbocycles. The van der Waals surface area contributed by atoms with Crippen LogP contribution >= 0.6 is 55.4 Å². The molecule has 1 heterocycles. The Bertz CT molecular complexity index is 1940. The number of fused-ring (bicyclic) bond motifs is 1. The quantitative estimate of drug-likeness (QED) is 0.0556. The summed E-state index contributed by atoms with van der Waals surface area (Å²) in [6.07, 6.45) is 4.57. The van der Waals surface area contributed by atoms with Crippen LogP contribution in [0.25, 0.3) is 22.6 Å². The van der Waals surface area contributed by atoms with Gasteiger partial charge < -0.3 is 24.7 Å². The van der Waals surface area contributed by atoms with E-state index in [1.54, 1.807) is 18.4 Å². The number of nitrogen functional groups attached to an aromatic ring is 1. The first-order valence-electron chi connectivity index (χ1n) is 14.7. The highest BCUT2D eigenvalue weighted by Gasteiger charge is 2.18. The summed E-state index contributed by atoms with van der Waals surface area (Å²) in [5.41, 5.74) is 11.5. The van der Waals surface area contributed by atoms with Gasteiger partial charge in [-0.3, -0.25) is 4.79 Å². The van der Waals surface area contributed by atoms with E-state index in [-0.39, 0.29) is 24.8 Å². The second-order valence-corrected chi connectivity index (χ2v) is 13.0. The Hall–Kier alpha value is -3.78. The van der Waals surface area contributed by atoms with Gasteiger partial charge >= 0.3 is 11.9 Å². The molecule has 0 bridgehead atoms. The fraction of sp³-hybridized carbons (Fsp3) is 0.200. The number of oxazole rings is 1. The van der Waals surface area contributed by atoms with Crippen LogP contribution in [0.4, 0.5) is 5.69 Å². The van der Waals surface area contributed by atoms with Crippen LogP contribution in [0, 0.1) is 13.8 Å². The zero-order valence-electron chi connectivity index (χ0n) is 28.3. The summed E-state index contributed by atoms with van der Waals surface area (Å²) in [6.45, 7) is 3.91. The van der Waals surface area contributed by atoms with Gasteiger partial charge in [0.2, 0.25) is 5.89 Å². The van der Waals surface area contributed by atoms with Gasteiger partial charge in [-0.2, -0.15) is 0 Å². The molecular formula is C35H38Br2N2O7S2. The Balaban J connectivity index is 0.000000396. The molecule has 0 aliphatic carbocycles. The molecule has 5 rings (SSSR count). The van der Waals surface area contributed by atoms with Gasteiger partial charge in [0.1, 0.15) is 17.6 Å². The smallest absolute Gasteiger partial charge is 0.339 e. The second-order valence-electron chi connectivity index (χ2n) is 9.62. The summed E-state index contributed by atoms with van der Waals surface area (Å²) in [7, 11) is 2.67. The minimum atomic E-state index is -0.457. The van der Waals surface area contributed by atoms with E-state index in [4.69, 9.17) is 17.9 Å². The number of phenols is 1. The average Bonchev–Trinajstić information content (AvgIpc) is 3.54. The molecule has 9 nitrogen and oxygen atoms in total. The largest absolute Gasteiger partial charge is 0.506 e. The van der Waals surface area contributed by atoms with Gasteiger partial charge in [-0.05, 0) is 80.0 Å². The molecule has 0 spiro atoms. The molecule has 0 amide bonds. The molecule has 1 aromatic heterocycles. The molecule has 0 aliphatic heterocycles. The Morgan fingerprint density at radius 1 is 0.917 bits per heavy atom. The van der Waals surface area contributed by atoms with Gasteiger partial charge in [0.25, 0.3) is 0 Å². The van der Waals surface area contributed by atoms with E-state index in [2.05, 4.69) is 41.6 Å². The Morgan fingerprint density at radius 2 is 1.46 bits per heavy atom.